The van der Waals surface area contributed by atoms with Gasteiger partial charge in [0.1, 0.15) is 11.2 Å². The maximum Gasteiger partial charge on any atom is 0.305 e. The van der Waals surface area contributed by atoms with Crippen LogP contribution in [0.2, 0.25) is 0 Å². The molecule has 0 spiro atoms. The van der Waals surface area contributed by atoms with Crippen molar-refractivity contribution < 1.29 is 14.7 Å². The quantitative estimate of drug-likeness (QED) is 0.792. The highest BCUT2D eigenvalue weighted by Gasteiger charge is 2.20. The molecule has 0 saturated heterocycles. The number of carboxylic acid groups (broad SMARTS) is 1. The van der Waals surface area contributed by atoms with Crippen LogP contribution in [0, 0.1) is 0 Å². The number of carbonyl (C=O) groups excluding carboxylic acids is 1. The van der Waals surface area contributed by atoms with Crippen molar-refractivity contribution in [1.29, 1.82) is 0 Å². The monoisotopic (exact) mass is 309 g/mol. The average molecular weight is 309 g/mol. The lowest BCUT2D eigenvalue weighted by atomic mass is 10.1. The molecule has 2 rings (SSSR count). The van der Waals surface area contributed by atoms with E-state index in [0.29, 0.717) is 17.0 Å². The molecular weight excluding hydrogens is 294 g/mol. The molecule has 112 valence electrons. The lowest BCUT2D eigenvalue weighted by molar-refractivity contribution is -0.137. The number of carbonyl (C=O) groups is 2. The number of amides is 1. The topological polar surface area (TPSA) is 110 Å². The van der Waals surface area contributed by atoms with E-state index in [1.807, 2.05) is 6.92 Å². The minimum absolute atomic E-state index is 0.0921. The van der Waals surface area contributed by atoms with Gasteiger partial charge in [0, 0.05) is 6.04 Å². The van der Waals surface area contributed by atoms with E-state index in [2.05, 4.69) is 20.8 Å². The Hall–Kier alpha value is -2.29. The molecule has 1 amide bonds. The normalized spacial score (nSPS) is 12.0. The van der Waals surface area contributed by atoms with Crippen molar-refractivity contribution in [2.45, 2.75) is 32.2 Å². The van der Waals surface area contributed by atoms with Crippen LogP contribution in [0.4, 0.5) is 0 Å². The molecule has 0 bridgehead atoms. The molecule has 2 N–H and O–H groups in total. The zero-order valence-corrected chi connectivity index (χ0v) is 12.2. The van der Waals surface area contributed by atoms with Gasteiger partial charge in [-0.05, 0) is 28.3 Å². The zero-order chi connectivity index (χ0) is 15.2. The van der Waals surface area contributed by atoms with Gasteiger partial charge in [0.05, 0.1) is 12.1 Å². The first-order chi connectivity index (χ1) is 10.1. The Morgan fingerprint density at radius 1 is 1.52 bits per heavy atom. The van der Waals surface area contributed by atoms with E-state index in [1.54, 1.807) is 11.4 Å². The fourth-order valence-corrected chi connectivity index (χ4v) is 2.74. The number of tetrazole rings is 1. The van der Waals surface area contributed by atoms with Crippen LogP contribution in [-0.2, 0) is 4.79 Å². The van der Waals surface area contributed by atoms with E-state index in [4.69, 9.17) is 5.11 Å². The second kappa shape index (κ2) is 6.93. The van der Waals surface area contributed by atoms with Crippen LogP contribution in [0.3, 0.4) is 0 Å². The minimum Gasteiger partial charge on any atom is -0.481 e. The number of thiophene rings is 1. The first kappa shape index (κ1) is 15.1. The molecular formula is C12H15N5O3S. The summed E-state index contributed by atoms with van der Waals surface area (Å²) in [5.41, 5.74) is 0.577. The van der Waals surface area contributed by atoms with Gasteiger partial charge in [-0.1, -0.05) is 13.3 Å². The van der Waals surface area contributed by atoms with E-state index >= 15 is 0 Å². The van der Waals surface area contributed by atoms with Crippen molar-refractivity contribution in [3.05, 3.63) is 22.7 Å². The van der Waals surface area contributed by atoms with Gasteiger partial charge in [0.2, 0.25) is 0 Å². The highest BCUT2D eigenvalue weighted by Crippen LogP contribution is 2.20. The molecule has 0 aliphatic rings. The summed E-state index contributed by atoms with van der Waals surface area (Å²) in [5.74, 6) is -1.24. The smallest absolute Gasteiger partial charge is 0.305 e. The number of aromatic nitrogens is 4. The predicted molar refractivity (Wildman–Crippen MR) is 75.4 cm³/mol. The molecule has 0 aliphatic carbocycles. The van der Waals surface area contributed by atoms with Gasteiger partial charge in [-0.2, -0.15) is 4.68 Å². The van der Waals surface area contributed by atoms with Gasteiger partial charge in [0.15, 0.2) is 0 Å². The number of hydrogen-bond donors (Lipinski definition) is 2. The number of hydrogen-bond acceptors (Lipinski definition) is 6. The van der Waals surface area contributed by atoms with Gasteiger partial charge < -0.3 is 10.4 Å². The number of nitrogens with zero attached hydrogens (tertiary/aromatic N) is 4. The number of rotatable bonds is 7. The Morgan fingerprint density at radius 2 is 2.33 bits per heavy atom. The Bertz CT molecular complexity index is 610. The molecule has 9 heteroatoms. The molecule has 8 nitrogen and oxygen atoms in total. The standard InChI is InChI=1S/C12H15N5O3S/c1-2-3-8(6-10(18)19)14-12(20)11-9(4-5-21-11)17-7-13-15-16-17/h4-5,7-8H,2-3,6H2,1H3,(H,14,20)(H,18,19). The van der Waals surface area contributed by atoms with Gasteiger partial charge in [-0.15, -0.1) is 16.4 Å². The highest BCUT2D eigenvalue weighted by molar-refractivity contribution is 7.12. The van der Waals surface area contributed by atoms with Crippen LogP contribution in [0.5, 0.6) is 0 Å². The summed E-state index contributed by atoms with van der Waals surface area (Å²) in [6.07, 6.45) is 2.72. The van der Waals surface area contributed by atoms with Gasteiger partial charge in [-0.25, -0.2) is 0 Å². The third-order valence-electron chi connectivity index (χ3n) is 2.84. The fraction of sp³-hybridized carbons (Fsp3) is 0.417. The Balaban J connectivity index is 2.13. The fourth-order valence-electron chi connectivity index (χ4n) is 1.96. The molecule has 1 unspecified atom stereocenters. The maximum atomic E-state index is 12.3. The van der Waals surface area contributed by atoms with E-state index in [-0.39, 0.29) is 18.4 Å². The summed E-state index contributed by atoms with van der Waals surface area (Å²) in [7, 11) is 0. The van der Waals surface area contributed by atoms with Crippen molar-refractivity contribution in [3.63, 3.8) is 0 Å². The van der Waals surface area contributed by atoms with E-state index in [9.17, 15) is 9.59 Å². The molecule has 0 radical (unpaired) electrons. The minimum atomic E-state index is -0.930. The van der Waals surface area contributed by atoms with Gasteiger partial charge in [-0.3, -0.25) is 9.59 Å². The first-order valence-electron chi connectivity index (χ1n) is 6.45. The second-order valence-electron chi connectivity index (χ2n) is 4.45. The summed E-state index contributed by atoms with van der Waals surface area (Å²) in [6.45, 7) is 1.94. The molecule has 2 aromatic rings. The Labute approximate surface area is 124 Å². The number of aliphatic carboxylic acids is 1. The number of carboxylic acids is 1. The zero-order valence-electron chi connectivity index (χ0n) is 11.4. The molecule has 1 atom stereocenters. The Kier molecular flexibility index (Phi) is 4.99. The molecule has 21 heavy (non-hydrogen) atoms. The summed E-state index contributed by atoms with van der Waals surface area (Å²) >= 11 is 1.26. The van der Waals surface area contributed by atoms with Crippen molar-refractivity contribution in [2.75, 3.05) is 0 Å². The SMILES string of the molecule is CCCC(CC(=O)O)NC(=O)c1sccc1-n1cnnn1. The van der Waals surface area contributed by atoms with E-state index in [1.165, 1.54) is 22.3 Å². The van der Waals surface area contributed by atoms with Crippen LogP contribution < -0.4 is 5.32 Å². The summed E-state index contributed by atoms with van der Waals surface area (Å²) < 4.78 is 1.40. The van der Waals surface area contributed by atoms with Crippen molar-refractivity contribution in [3.8, 4) is 5.69 Å². The number of nitrogens with one attached hydrogen (secondary N) is 1. The van der Waals surface area contributed by atoms with E-state index in [0.717, 1.165) is 6.42 Å². The molecule has 0 aromatic carbocycles. The molecule has 2 aromatic heterocycles. The Morgan fingerprint density at radius 3 is 2.95 bits per heavy atom. The van der Waals surface area contributed by atoms with Crippen LogP contribution in [0.15, 0.2) is 17.8 Å². The second-order valence-corrected chi connectivity index (χ2v) is 5.36. The first-order valence-corrected chi connectivity index (χ1v) is 7.33. The van der Waals surface area contributed by atoms with E-state index < -0.39 is 5.97 Å². The van der Waals surface area contributed by atoms with Crippen LogP contribution in [-0.4, -0.2) is 43.2 Å². The largest absolute Gasteiger partial charge is 0.481 e. The summed E-state index contributed by atoms with van der Waals surface area (Å²) in [4.78, 5) is 23.6. The third kappa shape index (κ3) is 3.85. The molecule has 0 fully saturated rings. The lowest BCUT2D eigenvalue weighted by Crippen LogP contribution is -2.36. The van der Waals surface area contributed by atoms with Crippen molar-refractivity contribution >= 4 is 23.2 Å². The van der Waals surface area contributed by atoms with Crippen molar-refractivity contribution in [2.24, 2.45) is 0 Å². The average Bonchev–Trinajstić information content (AvgIpc) is 3.09. The van der Waals surface area contributed by atoms with Crippen LogP contribution in [0.25, 0.3) is 5.69 Å². The van der Waals surface area contributed by atoms with Crippen molar-refractivity contribution in [1.82, 2.24) is 25.5 Å². The maximum absolute atomic E-state index is 12.3. The lowest BCUT2D eigenvalue weighted by Gasteiger charge is -2.15. The van der Waals surface area contributed by atoms with Gasteiger partial charge in [0.25, 0.3) is 5.91 Å². The molecule has 0 saturated carbocycles. The highest BCUT2D eigenvalue weighted by atomic mass is 32.1. The summed E-state index contributed by atoms with van der Waals surface area (Å²) in [5, 5.41) is 24.2. The third-order valence-corrected chi connectivity index (χ3v) is 3.74. The molecule has 0 aliphatic heterocycles. The van der Waals surface area contributed by atoms with Crippen LogP contribution in [0.1, 0.15) is 35.9 Å². The summed E-state index contributed by atoms with van der Waals surface area (Å²) in [6, 6.07) is 1.35. The van der Waals surface area contributed by atoms with Crippen LogP contribution >= 0.6 is 11.3 Å². The molecule has 2 heterocycles. The predicted octanol–water partition coefficient (Wildman–Crippen LogP) is 1.10. The van der Waals surface area contributed by atoms with Gasteiger partial charge >= 0.3 is 5.97 Å².